The van der Waals surface area contributed by atoms with Gasteiger partial charge in [0.05, 0.1) is 18.8 Å². The van der Waals surface area contributed by atoms with Gasteiger partial charge in [-0.15, -0.1) is 5.10 Å². The first-order valence-corrected chi connectivity index (χ1v) is 8.08. The van der Waals surface area contributed by atoms with Crippen molar-refractivity contribution in [1.29, 1.82) is 0 Å². The monoisotopic (exact) mass is 336 g/mol. The third-order valence-corrected chi connectivity index (χ3v) is 4.04. The molecule has 128 valence electrons. The van der Waals surface area contributed by atoms with Gasteiger partial charge in [0.25, 0.3) is 5.91 Å². The Morgan fingerprint density at radius 2 is 2.00 bits per heavy atom. The number of hydrogen-bond acceptors (Lipinski definition) is 4. The number of rotatable bonds is 5. The van der Waals surface area contributed by atoms with Gasteiger partial charge in [-0.05, 0) is 37.6 Å². The van der Waals surface area contributed by atoms with Crippen molar-refractivity contribution in [1.82, 2.24) is 15.0 Å². The standard InChI is InChI=1S/C19H20N4O2/c1-13-8-9-15(18-11-23(22-21-18)14(2)12-24)10-17(13)19(25)20-16-6-4-3-5-7-16/h3-11,14,24H,12H2,1-2H3,(H,20,25)/t14-/m0/s1. The molecule has 3 aromatic rings. The topological polar surface area (TPSA) is 80.0 Å². The first-order valence-electron chi connectivity index (χ1n) is 8.08. The van der Waals surface area contributed by atoms with Crippen LogP contribution in [0.2, 0.25) is 0 Å². The molecule has 0 bridgehead atoms. The maximum absolute atomic E-state index is 12.6. The molecule has 0 radical (unpaired) electrons. The van der Waals surface area contributed by atoms with Crippen LogP contribution < -0.4 is 5.32 Å². The smallest absolute Gasteiger partial charge is 0.255 e. The molecule has 0 saturated carbocycles. The van der Waals surface area contributed by atoms with Crippen LogP contribution >= 0.6 is 0 Å². The third-order valence-electron chi connectivity index (χ3n) is 4.04. The number of hydrogen-bond donors (Lipinski definition) is 2. The highest BCUT2D eigenvalue weighted by molar-refractivity contribution is 6.05. The second-order valence-corrected chi connectivity index (χ2v) is 5.97. The van der Waals surface area contributed by atoms with Crippen molar-refractivity contribution in [2.45, 2.75) is 19.9 Å². The van der Waals surface area contributed by atoms with Crippen molar-refractivity contribution < 1.29 is 9.90 Å². The maximum atomic E-state index is 12.6. The first-order chi connectivity index (χ1) is 12.1. The summed E-state index contributed by atoms with van der Waals surface area (Å²) >= 11 is 0. The fraction of sp³-hybridized carbons (Fsp3) is 0.211. The summed E-state index contributed by atoms with van der Waals surface area (Å²) in [6.45, 7) is 3.74. The Morgan fingerprint density at radius 1 is 1.24 bits per heavy atom. The van der Waals surface area contributed by atoms with Gasteiger partial charge < -0.3 is 10.4 Å². The Labute approximate surface area is 146 Å². The Hall–Kier alpha value is -2.99. The van der Waals surface area contributed by atoms with E-state index in [0.717, 1.165) is 16.8 Å². The minimum Gasteiger partial charge on any atom is -0.394 e. The lowest BCUT2D eigenvalue weighted by molar-refractivity contribution is 0.102. The molecule has 1 amide bonds. The number of nitrogens with zero attached hydrogens (tertiary/aromatic N) is 3. The molecule has 0 spiro atoms. The summed E-state index contributed by atoms with van der Waals surface area (Å²) in [6, 6.07) is 14.8. The number of benzene rings is 2. The van der Waals surface area contributed by atoms with Crippen LogP contribution in [0.4, 0.5) is 5.69 Å². The minimum atomic E-state index is -0.165. The summed E-state index contributed by atoms with van der Waals surface area (Å²) in [7, 11) is 0. The zero-order chi connectivity index (χ0) is 17.8. The van der Waals surface area contributed by atoms with Gasteiger partial charge in [0.1, 0.15) is 5.69 Å². The van der Waals surface area contributed by atoms with E-state index in [-0.39, 0.29) is 18.6 Å². The van der Waals surface area contributed by atoms with E-state index in [9.17, 15) is 9.90 Å². The number of aryl methyl sites for hydroxylation is 1. The summed E-state index contributed by atoms with van der Waals surface area (Å²) in [4.78, 5) is 12.6. The lowest BCUT2D eigenvalue weighted by atomic mass is 10.0. The van der Waals surface area contributed by atoms with Crippen molar-refractivity contribution in [3.63, 3.8) is 0 Å². The Balaban J connectivity index is 1.87. The summed E-state index contributed by atoms with van der Waals surface area (Å²) in [6.07, 6.45) is 1.77. The number of aromatic nitrogens is 3. The molecule has 2 N–H and O–H groups in total. The molecule has 0 aliphatic carbocycles. The largest absolute Gasteiger partial charge is 0.394 e. The summed E-state index contributed by atoms with van der Waals surface area (Å²) in [5.41, 5.74) is 3.69. The molecule has 0 saturated heterocycles. The predicted octanol–water partition coefficient (Wildman–Crippen LogP) is 3.06. The van der Waals surface area contributed by atoms with E-state index in [1.165, 1.54) is 0 Å². The van der Waals surface area contributed by atoms with Crippen LogP contribution in [-0.2, 0) is 0 Å². The molecule has 25 heavy (non-hydrogen) atoms. The van der Waals surface area contributed by atoms with E-state index in [1.54, 1.807) is 10.9 Å². The highest BCUT2D eigenvalue weighted by atomic mass is 16.3. The average molecular weight is 336 g/mol. The lowest BCUT2D eigenvalue weighted by Crippen LogP contribution is -2.13. The van der Waals surface area contributed by atoms with Crippen LogP contribution in [-0.4, -0.2) is 32.6 Å². The number of aliphatic hydroxyl groups is 1. The molecular weight excluding hydrogens is 316 g/mol. The Kier molecular flexibility index (Phi) is 4.90. The molecule has 3 rings (SSSR count). The van der Waals surface area contributed by atoms with Gasteiger partial charge in [0, 0.05) is 16.8 Å². The number of amides is 1. The van der Waals surface area contributed by atoms with E-state index >= 15 is 0 Å². The van der Waals surface area contributed by atoms with Crippen LogP contribution in [0.3, 0.4) is 0 Å². The molecule has 0 aliphatic rings. The second-order valence-electron chi connectivity index (χ2n) is 5.97. The van der Waals surface area contributed by atoms with Crippen molar-refractivity contribution in [2.24, 2.45) is 0 Å². The van der Waals surface area contributed by atoms with E-state index in [2.05, 4.69) is 15.6 Å². The fourth-order valence-electron chi connectivity index (χ4n) is 2.45. The molecule has 6 nitrogen and oxygen atoms in total. The molecule has 1 aromatic heterocycles. The molecule has 1 atom stereocenters. The summed E-state index contributed by atoms with van der Waals surface area (Å²) in [5, 5.41) is 20.3. The Bertz CT molecular complexity index is 874. The van der Waals surface area contributed by atoms with Gasteiger partial charge in [-0.25, -0.2) is 4.68 Å². The highest BCUT2D eigenvalue weighted by Gasteiger charge is 2.13. The van der Waals surface area contributed by atoms with Gasteiger partial charge in [0.2, 0.25) is 0 Å². The molecule has 0 aliphatic heterocycles. The molecular formula is C19H20N4O2. The maximum Gasteiger partial charge on any atom is 0.255 e. The number of anilines is 1. The zero-order valence-corrected chi connectivity index (χ0v) is 14.2. The van der Waals surface area contributed by atoms with Crippen LogP contribution in [0.1, 0.15) is 28.9 Å². The first kappa shape index (κ1) is 16.9. The number of carbonyl (C=O) groups excluding carboxylic acids is 1. The Morgan fingerprint density at radius 3 is 2.72 bits per heavy atom. The van der Waals surface area contributed by atoms with Crippen molar-refractivity contribution in [2.75, 3.05) is 11.9 Å². The quantitative estimate of drug-likeness (QED) is 0.750. The van der Waals surface area contributed by atoms with Crippen LogP contribution in [0, 0.1) is 6.92 Å². The molecule has 6 heteroatoms. The molecule has 1 heterocycles. The summed E-state index contributed by atoms with van der Waals surface area (Å²) in [5.74, 6) is -0.165. The summed E-state index contributed by atoms with van der Waals surface area (Å²) < 4.78 is 1.61. The van der Waals surface area contributed by atoms with Crippen LogP contribution in [0.25, 0.3) is 11.3 Å². The van der Waals surface area contributed by atoms with Gasteiger partial charge in [-0.1, -0.05) is 35.5 Å². The zero-order valence-electron chi connectivity index (χ0n) is 14.2. The van der Waals surface area contributed by atoms with Crippen LogP contribution in [0.15, 0.2) is 54.7 Å². The predicted molar refractivity (Wildman–Crippen MR) is 96.4 cm³/mol. The lowest BCUT2D eigenvalue weighted by Gasteiger charge is -2.09. The third kappa shape index (κ3) is 3.75. The van der Waals surface area contributed by atoms with E-state index in [4.69, 9.17) is 0 Å². The van der Waals surface area contributed by atoms with Gasteiger partial charge >= 0.3 is 0 Å². The van der Waals surface area contributed by atoms with Gasteiger partial charge in [-0.2, -0.15) is 0 Å². The fourth-order valence-corrected chi connectivity index (χ4v) is 2.45. The molecule has 2 aromatic carbocycles. The second kappa shape index (κ2) is 7.27. The van der Waals surface area contributed by atoms with Crippen molar-refractivity contribution in [3.05, 3.63) is 65.9 Å². The number of aliphatic hydroxyl groups excluding tert-OH is 1. The van der Waals surface area contributed by atoms with Crippen molar-refractivity contribution in [3.8, 4) is 11.3 Å². The van der Waals surface area contributed by atoms with E-state index < -0.39 is 0 Å². The average Bonchev–Trinajstić information content (AvgIpc) is 3.12. The molecule has 0 fully saturated rings. The minimum absolute atomic E-state index is 0.0125. The number of carbonyl (C=O) groups is 1. The number of para-hydroxylation sites is 1. The van der Waals surface area contributed by atoms with Gasteiger partial charge in [0.15, 0.2) is 0 Å². The van der Waals surface area contributed by atoms with Crippen molar-refractivity contribution >= 4 is 11.6 Å². The number of nitrogens with one attached hydrogen (secondary N) is 1. The SMILES string of the molecule is Cc1ccc(-c2cn([C@@H](C)CO)nn2)cc1C(=O)Nc1ccccc1. The van der Waals surface area contributed by atoms with Crippen LogP contribution in [0.5, 0.6) is 0 Å². The van der Waals surface area contributed by atoms with Gasteiger partial charge in [-0.3, -0.25) is 4.79 Å². The van der Waals surface area contributed by atoms with E-state index in [0.29, 0.717) is 11.3 Å². The normalized spacial score (nSPS) is 12.0. The van der Waals surface area contributed by atoms with E-state index in [1.807, 2.05) is 62.4 Å². The highest BCUT2D eigenvalue weighted by Crippen LogP contribution is 2.22. The molecule has 0 unspecified atom stereocenters.